The Hall–Kier alpha value is -0.540. The highest BCUT2D eigenvalue weighted by molar-refractivity contribution is 6.30. The largest absolute Gasteiger partial charge is 0.299 e. The standard InChI is InChI=1S/C15H26ClN3/c1-11(2)13-6-5-8-19(9-7-13)10-14-12(3)17-18(4)15(14)16/h11,13H,5-10H2,1-4H3. The monoisotopic (exact) mass is 283 g/mol. The summed E-state index contributed by atoms with van der Waals surface area (Å²) in [4.78, 5) is 2.54. The highest BCUT2D eigenvalue weighted by atomic mass is 35.5. The Morgan fingerprint density at radius 3 is 2.63 bits per heavy atom. The molecule has 0 spiro atoms. The molecule has 2 heterocycles. The van der Waals surface area contributed by atoms with E-state index in [9.17, 15) is 0 Å². The van der Waals surface area contributed by atoms with Crippen molar-refractivity contribution < 1.29 is 0 Å². The van der Waals surface area contributed by atoms with Crippen LogP contribution in [0.5, 0.6) is 0 Å². The van der Waals surface area contributed by atoms with E-state index in [4.69, 9.17) is 11.6 Å². The highest BCUT2D eigenvalue weighted by Crippen LogP contribution is 2.27. The summed E-state index contributed by atoms with van der Waals surface area (Å²) in [6.07, 6.45) is 3.99. The summed E-state index contributed by atoms with van der Waals surface area (Å²) in [5.41, 5.74) is 2.27. The predicted octanol–water partition coefficient (Wildman–Crippen LogP) is 3.64. The van der Waals surface area contributed by atoms with E-state index < -0.39 is 0 Å². The Morgan fingerprint density at radius 2 is 2.05 bits per heavy atom. The number of hydrogen-bond donors (Lipinski definition) is 0. The third-order valence-electron chi connectivity index (χ3n) is 4.46. The molecule has 0 aromatic carbocycles. The second kappa shape index (κ2) is 6.27. The molecule has 3 nitrogen and oxygen atoms in total. The van der Waals surface area contributed by atoms with Gasteiger partial charge in [-0.3, -0.25) is 9.58 Å². The third-order valence-corrected chi connectivity index (χ3v) is 4.93. The van der Waals surface area contributed by atoms with Gasteiger partial charge in [-0.2, -0.15) is 5.10 Å². The van der Waals surface area contributed by atoms with Crippen molar-refractivity contribution in [3.05, 3.63) is 16.4 Å². The summed E-state index contributed by atoms with van der Waals surface area (Å²) in [7, 11) is 1.91. The van der Waals surface area contributed by atoms with Gasteiger partial charge in [-0.25, -0.2) is 0 Å². The molecular formula is C15H26ClN3. The zero-order valence-electron chi connectivity index (χ0n) is 12.6. The number of hydrogen-bond acceptors (Lipinski definition) is 2. The second-order valence-electron chi connectivity index (χ2n) is 6.19. The lowest BCUT2D eigenvalue weighted by atomic mass is 9.89. The number of aromatic nitrogens is 2. The lowest BCUT2D eigenvalue weighted by Gasteiger charge is -2.21. The third kappa shape index (κ3) is 3.51. The van der Waals surface area contributed by atoms with E-state index in [1.165, 1.54) is 37.9 Å². The van der Waals surface area contributed by atoms with Crippen molar-refractivity contribution in [2.24, 2.45) is 18.9 Å². The number of likely N-dealkylation sites (tertiary alicyclic amines) is 1. The Kier molecular flexibility index (Phi) is 4.91. The van der Waals surface area contributed by atoms with Gasteiger partial charge in [-0.1, -0.05) is 25.4 Å². The Bertz CT molecular complexity index is 425. The second-order valence-corrected chi connectivity index (χ2v) is 6.55. The quantitative estimate of drug-likeness (QED) is 0.844. The van der Waals surface area contributed by atoms with E-state index >= 15 is 0 Å². The first kappa shape index (κ1) is 14.9. The first-order valence-electron chi connectivity index (χ1n) is 7.39. The topological polar surface area (TPSA) is 21.1 Å². The molecule has 1 atom stereocenters. The molecule has 0 bridgehead atoms. The smallest absolute Gasteiger partial charge is 0.131 e. The van der Waals surface area contributed by atoms with Crippen molar-refractivity contribution in [2.45, 2.75) is 46.6 Å². The SMILES string of the molecule is Cc1nn(C)c(Cl)c1CN1CCCC(C(C)C)CC1. The van der Waals surface area contributed by atoms with E-state index in [2.05, 4.69) is 30.8 Å². The molecule has 0 amide bonds. The molecule has 108 valence electrons. The van der Waals surface area contributed by atoms with Crippen molar-refractivity contribution in [2.75, 3.05) is 13.1 Å². The number of nitrogens with zero attached hydrogens (tertiary/aromatic N) is 3. The average Bonchev–Trinajstić information content (AvgIpc) is 2.58. The van der Waals surface area contributed by atoms with Crippen molar-refractivity contribution >= 4 is 11.6 Å². The van der Waals surface area contributed by atoms with Gasteiger partial charge in [-0.15, -0.1) is 0 Å². The molecule has 1 aromatic rings. The fourth-order valence-corrected chi connectivity index (χ4v) is 3.32. The maximum atomic E-state index is 6.33. The summed E-state index contributed by atoms with van der Waals surface area (Å²) < 4.78 is 1.78. The van der Waals surface area contributed by atoms with E-state index in [0.717, 1.165) is 29.2 Å². The minimum Gasteiger partial charge on any atom is -0.299 e. The molecule has 1 saturated heterocycles. The highest BCUT2D eigenvalue weighted by Gasteiger charge is 2.21. The number of aryl methyl sites for hydroxylation is 2. The van der Waals surface area contributed by atoms with Gasteiger partial charge in [0.1, 0.15) is 5.15 Å². The predicted molar refractivity (Wildman–Crippen MR) is 80.4 cm³/mol. The average molecular weight is 284 g/mol. The van der Waals surface area contributed by atoms with Crippen molar-refractivity contribution in [3.8, 4) is 0 Å². The molecule has 1 aliphatic rings. The Labute approximate surface area is 121 Å². The molecule has 4 heteroatoms. The summed E-state index contributed by atoms with van der Waals surface area (Å²) in [5, 5.41) is 5.19. The van der Waals surface area contributed by atoms with Crippen LogP contribution in [0.15, 0.2) is 0 Å². The fraction of sp³-hybridized carbons (Fsp3) is 0.800. The maximum Gasteiger partial charge on any atom is 0.131 e. The lowest BCUT2D eigenvalue weighted by molar-refractivity contribution is 0.264. The van der Waals surface area contributed by atoms with Gasteiger partial charge < -0.3 is 0 Å². The van der Waals surface area contributed by atoms with Gasteiger partial charge in [0, 0.05) is 19.2 Å². The first-order valence-corrected chi connectivity index (χ1v) is 7.77. The Balaban J connectivity index is 2.00. The van der Waals surface area contributed by atoms with Crippen LogP contribution in [-0.2, 0) is 13.6 Å². The molecule has 0 radical (unpaired) electrons. The first-order chi connectivity index (χ1) is 8.99. The van der Waals surface area contributed by atoms with E-state index in [1.54, 1.807) is 4.68 Å². The zero-order chi connectivity index (χ0) is 14.0. The minimum absolute atomic E-state index is 0.794. The minimum atomic E-state index is 0.794. The molecule has 2 rings (SSSR count). The van der Waals surface area contributed by atoms with E-state index in [0.29, 0.717) is 0 Å². The number of halogens is 1. The normalized spacial score (nSPS) is 21.9. The lowest BCUT2D eigenvalue weighted by Crippen LogP contribution is -2.25. The zero-order valence-corrected chi connectivity index (χ0v) is 13.4. The van der Waals surface area contributed by atoms with Gasteiger partial charge >= 0.3 is 0 Å². The molecule has 1 aliphatic heterocycles. The molecular weight excluding hydrogens is 258 g/mol. The van der Waals surface area contributed by atoms with Crippen LogP contribution in [-0.4, -0.2) is 27.8 Å². The molecule has 19 heavy (non-hydrogen) atoms. The van der Waals surface area contributed by atoms with Crippen LogP contribution in [0.3, 0.4) is 0 Å². The molecule has 0 aliphatic carbocycles. The Morgan fingerprint density at radius 1 is 1.32 bits per heavy atom. The van der Waals surface area contributed by atoms with Crippen LogP contribution in [0.4, 0.5) is 0 Å². The van der Waals surface area contributed by atoms with Gasteiger partial charge in [0.25, 0.3) is 0 Å². The van der Waals surface area contributed by atoms with Crippen molar-refractivity contribution in [3.63, 3.8) is 0 Å². The fourth-order valence-electron chi connectivity index (χ4n) is 3.08. The van der Waals surface area contributed by atoms with E-state index in [-0.39, 0.29) is 0 Å². The summed E-state index contributed by atoms with van der Waals surface area (Å²) >= 11 is 6.33. The van der Waals surface area contributed by atoms with Crippen LogP contribution in [0.1, 0.15) is 44.4 Å². The number of rotatable bonds is 3. The van der Waals surface area contributed by atoms with Gasteiger partial charge in [0.15, 0.2) is 0 Å². The maximum absolute atomic E-state index is 6.33. The molecule has 0 saturated carbocycles. The van der Waals surface area contributed by atoms with Crippen LogP contribution < -0.4 is 0 Å². The van der Waals surface area contributed by atoms with Crippen LogP contribution in [0, 0.1) is 18.8 Å². The van der Waals surface area contributed by atoms with Crippen molar-refractivity contribution in [1.29, 1.82) is 0 Å². The van der Waals surface area contributed by atoms with Crippen molar-refractivity contribution in [1.82, 2.24) is 14.7 Å². The van der Waals surface area contributed by atoms with Gasteiger partial charge in [-0.05, 0) is 51.1 Å². The van der Waals surface area contributed by atoms with Crippen LogP contribution in [0.25, 0.3) is 0 Å². The van der Waals surface area contributed by atoms with Crippen LogP contribution in [0.2, 0.25) is 5.15 Å². The molecule has 1 unspecified atom stereocenters. The summed E-state index contributed by atoms with van der Waals surface area (Å²) in [6, 6.07) is 0. The molecule has 1 fully saturated rings. The van der Waals surface area contributed by atoms with Gasteiger partial charge in [0.05, 0.1) is 5.69 Å². The van der Waals surface area contributed by atoms with E-state index in [1.807, 2.05) is 7.05 Å². The molecule has 1 aromatic heterocycles. The van der Waals surface area contributed by atoms with Gasteiger partial charge in [0.2, 0.25) is 0 Å². The summed E-state index contributed by atoms with van der Waals surface area (Å²) in [5.74, 6) is 1.69. The molecule has 0 N–H and O–H groups in total. The summed E-state index contributed by atoms with van der Waals surface area (Å²) in [6.45, 7) is 10.1. The van der Waals surface area contributed by atoms with Crippen LogP contribution >= 0.6 is 11.6 Å².